The van der Waals surface area contributed by atoms with Gasteiger partial charge in [-0.1, -0.05) is 56.6 Å². The van der Waals surface area contributed by atoms with Gasteiger partial charge in [0.1, 0.15) is 16.5 Å². The number of rotatable bonds is 6. The van der Waals surface area contributed by atoms with Gasteiger partial charge >= 0.3 is 0 Å². The van der Waals surface area contributed by atoms with Gasteiger partial charge in [0.2, 0.25) is 10.0 Å². The third kappa shape index (κ3) is 6.21. The van der Waals surface area contributed by atoms with Crippen LogP contribution in [0, 0.1) is 13.8 Å². The Bertz CT molecular complexity index is 1810. The molecule has 1 amide bonds. The van der Waals surface area contributed by atoms with Crippen molar-refractivity contribution in [2.45, 2.75) is 53.0 Å². The van der Waals surface area contributed by atoms with Crippen LogP contribution < -0.4 is 15.5 Å². The number of carbonyl (C=O) groups is 1. The van der Waals surface area contributed by atoms with Gasteiger partial charge in [-0.3, -0.25) is 9.59 Å². The fourth-order valence-electron chi connectivity index (χ4n) is 4.54. The van der Waals surface area contributed by atoms with E-state index in [0.29, 0.717) is 27.9 Å². The highest BCUT2D eigenvalue weighted by atomic mass is 35.5. The van der Waals surface area contributed by atoms with Gasteiger partial charge in [0.25, 0.3) is 5.91 Å². The van der Waals surface area contributed by atoms with Gasteiger partial charge in [-0.15, -0.1) is 0 Å². The smallest absolute Gasteiger partial charge is 0.285 e. The number of carbonyl (C=O) groups excluding carboxylic acids is 1. The van der Waals surface area contributed by atoms with Crippen molar-refractivity contribution in [1.82, 2.24) is 9.71 Å². The summed E-state index contributed by atoms with van der Waals surface area (Å²) >= 11 is 6.01. The minimum absolute atomic E-state index is 0.0291. The molecule has 4 aromatic rings. The van der Waals surface area contributed by atoms with Gasteiger partial charge in [0.05, 0.1) is 23.4 Å². The Kier molecular flexibility index (Phi) is 7.84. The van der Waals surface area contributed by atoms with Crippen LogP contribution in [0.25, 0.3) is 22.3 Å². The zero-order valence-corrected chi connectivity index (χ0v) is 25.0. The molecule has 210 valence electrons. The summed E-state index contributed by atoms with van der Waals surface area (Å²) in [4.78, 5) is 30.3. The highest BCUT2D eigenvalue weighted by molar-refractivity contribution is 7.89. The number of aromatic nitrogens is 1. The molecule has 2 N–H and O–H groups in total. The molecular weight excluding hydrogens is 550 g/mol. The average Bonchev–Trinajstić information content (AvgIpc) is 2.85. The summed E-state index contributed by atoms with van der Waals surface area (Å²) in [6.45, 7) is 11.9. The molecule has 0 aliphatic carbocycles. The Morgan fingerprint density at radius 3 is 2.42 bits per heavy atom. The second-order valence-corrected chi connectivity index (χ2v) is 13.2. The third-order valence-corrected chi connectivity index (χ3v) is 7.34. The van der Waals surface area contributed by atoms with Gasteiger partial charge in [-0.05, 0) is 61.6 Å². The van der Waals surface area contributed by atoms with E-state index in [9.17, 15) is 18.0 Å². The van der Waals surface area contributed by atoms with E-state index in [2.05, 4.69) is 37.1 Å². The van der Waals surface area contributed by atoms with E-state index in [1.54, 1.807) is 19.1 Å². The molecular formula is C30H32ClN3O5S. The topological polar surface area (TPSA) is 118 Å². The van der Waals surface area contributed by atoms with Crippen LogP contribution in [0.4, 0.5) is 5.69 Å². The van der Waals surface area contributed by atoms with Crippen LogP contribution in [0.5, 0.6) is 0 Å². The van der Waals surface area contributed by atoms with Gasteiger partial charge < -0.3 is 9.73 Å². The summed E-state index contributed by atoms with van der Waals surface area (Å²) in [5, 5.41) is 3.70. The predicted molar refractivity (Wildman–Crippen MR) is 160 cm³/mol. The number of sulfonamides is 1. The zero-order valence-electron chi connectivity index (χ0n) is 23.5. The maximum absolute atomic E-state index is 13.6. The summed E-state index contributed by atoms with van der Waals surface area (Å²) in [7, 11) is -3.83. The first-order valence-corrected chi connectivity index (χ1v) is 15.0. The molecule has 0 bridgehead atoms. The predicted octanol–water partition coefficient (Wildman–Crippen LogP) is 6.29. The number of benzene rings is 2. The standard InChI is InChI=1S/C30H32ClN3O5S/c1-16-13-21(18(3)32-23-11-12-24(31)33-25(23)29(36)34-40(7,37)38)28-22(14-16)26(35)17(2)27(39-28)19-9-8-10-20(15-19)30(4,5)6/h8-15,18,32H,1-7H3,(H,34,36)/t18-/m1/s1. The van der Waals surface area contributed by atoms with Crippen LogP contribution in [0.1, 0.15) is 66.5 Å². The van der Waals surface area contributed by atoms with Crippen LogP contribution in [-0.4, -0.2) is 25.6 Å². The number of fused-ring (bicyclic) bond motifs is 1. The summed E-state index contributed by atoms with van der Waals surface area (Å²) < 4.78 is 31.8. The van der Waals surface area contributed by atoms with Crippen molar-refractivity contribution < 1.29 is 17.6 Å². The number of nitrogens with one attached hydrogen (secondary N) is 2. The zero-order chi connectivity index (χ0) is 29.6. The monoisotopic (exact) mass is 581 g/mol. The maximum atomic E-state index is 13.6. The van der Waals surface area contributed by atoms with E-state index in [1.807, 2.05) is 42.8 Å². The van der Waals surface area contributed by atoms with Crippen molar-refractivity contribution >= 4 is 44.2 Å². The molecule has 4 rings (SSSR count). The molecule has 2 aromatic heterocycles. The summed E-state index contributed by atoms with van der Waals surface area (Å²) in [5.41, 5.74) is 4.25. The SMILES string of the molecule is Cc1cc([C@@H](C)Nc2ccc(Cl)nc2C(=O)NS(C)(=O)=O)c2oc(-c3cccc(C(C)(C)C)c3)c(C)c(=O)c2c1. The van der Waals surface area contributed by atoms with Crippen LogP contribution in [0.2, 0.25) is 5.15 Å². The largest absolute Gasteiger partial charge is 0.455 e. The lowest BCUT2D eigenvalue weighted by Gasteiger charge is -2.21. The first kappa shape index (κ1) is 29.3. The highest BCUT2D eigenvalue weighted by Gasteiger charge is 2.23. The number of pyridine rings is 1. The van der Waals surface area contributed by atoms with Crippen LogP contribution in [0.15, 0.2) is 57.7 Å². The highest BCUT2D eigenvalue weighted by Crippen LogP contribution is 2.34. The fourth-order valence-corrected chi connectivity index (χ4v) is 5.13. The average molecular weight is 582 g/mol. The lowest BCUT2D eigenvalue weighted by molar-refractivity contribution is 0.0977. The van der Waals surface area contributed by atoms with E-state index < -0.39 is 22.0 Å². The quantitative estimate of drug-likeness (QED) is 0.257. The molecule has 1 atom stereocenters. The van der Waals surface area contributed by atoms with E-state index in [4.69, 9.17) is 16.0 Å². The molecule has 0 radical (unpaired) electrons. The van der Waals surface area contributed by atoms with Crippen molar-refractivity contribution in [2.75, 3.05) is 11.6 Å². The first-order chi connectivity index (χ1) is 18.5. The summed E-state index contributed by atoms with van der Waals surface area (Å²) in [6.07, 6.45) is 0.878. The van der Waals surface area contributed by atoms with E-state index in [0.717, 1.165) is 22.9 Å². The number of amides is 1. The Hall–Kier alpha value is -3.69. The normalized spacial score (nSPS) is 12.8. The van der Waals surface area contributed by atoms with Crippen molar-refractivity contribution in [2.24, 2.45) is 0 Å². The number of hydrogen-bond acceptors (Lipinski definition) is 7. The molecule has 8 nitrogen and oxygen atoms in total. The lowest BCUT2D eigenvalue weighted by atomic mass is 9.86. The molecule has 0 fully saturated rings. The van der Waals surface area contributed by atoms with Crippen molar-refractivity contribution in [1.29, 1.82) is 0 Å². The Morgan fingerprint density at radius 2 is 1.77 bits per heavy atom. The molecule has 0 unspecified atom stereocenters. The summed E-state index contributed by atoms with van der Waals surface area (Å²) in [6, 6.07) is 14.2. The molecule has 40 heavy (non-hydrogen) atoms. The van der Waals surface area contributed by atoms with E-state index in [1.165, 1.54) is 6.07 Å². The van der Waals surface area contributed by atoms with Gasteiger partial charge in [0, 0.05) is 16.7 Å². The molecule has 0 aliphatic rings. The molecule has 2 aromatic carbocycles. The number of halogens is 1. The molecule has 0 saturated heterocycles. The molecule has 0 saturated carbocycles. The molecule has 10 heteroatoms. The number of aryl methyl sites for hydroxylation is 1. The van der Waals surface area contributed by atoms with Crippen LogP contribution in [0.3, 0.4) is 0 Å². The third-order valence-electron chi connectivity index (χ3n) is 6.58. The number of nitrogens with zero attached hydrogens (tertiary/aromatic N) is 1. The molecule has 2 heterocycles. The van der Waals surface area contributed by atoms with Crippen LogP contribution in [-0.2, 0) is 15.4 Å². The van der Waals surface area contributed by atoms with Crippen molar-refractivity contribution in [3.05, 3.63) is 91.9 Å². The number of hydrogen-bond donors (Lipinski definition) is 2. The van der Waals surface area contributed by atoms with Gasteiger partial charge in [-0.2, -0.15) is 0 Å². The summed E-state index contributed by atoms with van der Waals surface area (Å²) in [5.74, 6) is -0.431. The van der Waals surface area contributed by atoms with E-state index in [-0.39, 0.29) is 27.4 Å². The van der Waals surface area contributed by atoms with Gasteiger partial charge in [0.15, 0.2) is 11.1 Å². The molecule has 0 aliphatic heterocycles. The fraction of sp³-hybridized carbons (Fsp3) is 0.300. The number of anilines is 1. The van der Waals surface area contributed by atoms with Crippen molar-refractivity contribution in [3.63, 3.8) is 0 Å². The molecule has 0 spiro atoms. The van der Waals surface area contributed by atoms with Crippen molar-refractivity contribution in [3.8, 4) is 11.3 Å². The Labute approximate surface area is 238 Å². The van der Waals surface area contributed by atoms with Gasteiger partial charge in [-0.25, -0.2) is 18.1 Å². The minimum Gasteiger partial charge on any atom is -0.455 e. The Balaban J connectivity index is 1.85. The second-order valence-electron chi connectivity index (χ2n) is 11.0. The first-order valence-electron chi connectivity index (χ1n) is 12.7. The minimum atomic E-state index is -3.83. The Morgan fingerprint density at radius 1 is 1.07 bits per heavy atom. The van der Waals surface area contributed by atoms with Crippen LogP contribution >= 0.6 is 11.6 Å². The lowest BCUT2D eigenvalue weighted by Crippen LogP contribution is -2.31. The van der Waals surface area contributed by atoms with E-state index >= 15 is 0 Å². The second kappa shape index (κ2) is 10.7. The maximum Gasteiger partial charge on any atom is 0.285 e.